The fraction of sp³-hybridized carbons (Fsp3) is 0.500. The first kappa shape index (κ1) is 7.19. The van der Waals surface area contributed by atoms with Crippen molar-refractivity contribution >= 4 is 5.88 Å². The average Bonchev–Trinajstić information content (AvgIpc) is 2.12. The Morgan fingerprint density at radius 2 is 2.10 bits per heavy atom. The minimum absolute atomic E-state index is 0.0812. The molecule has 0 fully saturated rings. The molecule has 0 spiro atoms. The lowest BCUT2D eigenvalue weighted by Crippen LogP contribution is -2.25. The van der Waals surface area contributed by atoms with Crippen LogP contribution in [0, 0.1) is 0 Å². The fourth-order valence-corrected chi connectivity index (χ4v) is 0.719. The number of nitrogens with one attached hydrogen (secondary N) is 1. The Balaban J connectivity index is 2.57. The summed E-state index contributed by atoms with van der Waals surface area (Å²) in [6.07, 6.45) is 1.66. The van der Waals surface area contributed by atoms with E-state index in [4.69, 9.17) is 4.42 Å². The van der Waals surface area contributed by atoms with Crippen molar-refractivity contribution in [3.63, 3.8) is 0 Å². The van der Waals surface area contributed by atoms with Crippen molar-refractivity contribution in [2.24, 2.45) is 0 Å². The SMILES string of the molecule is CC(C)(C)Nc1ccco1. The van der Waals surface area contributed by atoms with Crippen LogP contribution in [0.15, 0.2) is 22.8 Å². The molecule has 56 valence electrons. The minimum Gasteiger partial charge on any atom is -0.449 e. The van der Waals surface area contributed by atoms with Crippen molar-refractivity contribution in [2.75, 3.05) is 5.32 Å². The Labute approximate surface area is 61.2 Å². The summed E-state index contributed by atoms with van der Waals surface area (Å²) in [5.41, 5.74) is 0.0812. The first-order valence-corrected chi connectivity index (χ1v) is 3.40. The summed E-state index contributed by atoms with van der Waals surface area (Å²) in [5.74, 6) is 0.826. The van der Waals surface area contributed by atoms with E-state index in [1.165, 1.54) is 0 Å². The molecule has 1 N–H and O–H groups in total. The van der Waals surface area contributed by atoms with Crippen LogP contribution >= 0.6 is 0 Å². The number of hydrogen-bond acceptors (Lipinski definition) is 2. The van der Waals surface area contributed by atoms with Crippen molar-refractivity contribution in [1.82, 2.24) is 0 Å². The standard InChI is InChI=1S/C8H13NO/c1-8(2,3)9-7-5-4-6-10-7/h4-6,9H,1-3H3. The van der Waals surface area contributed by atoms with E-state index in [9.17, 15) is 0 Å². The van der Waals surface area contributed by atoms with Gasteiger partial charge in [0.25, 0.3) is 0 Å². The summed E-state index contributed by atoms with van der Waals surface area (Å²) in [6.45, 7) is 6.28. The van der Waals surface area contributed by atoms with E-state index in [1.807, 2.05) is 12.1 Å². The third-order valence-electron chi connectivity index (χ3n) is 1.02. The summed E-state index contributed by atoms with van der Waals surface area (Å²) < 4.78 is 5.10. The molecule has 0 saturated heterocycles. The predicted octanol–water partition coefficient (Wildman–Crippen LogP) is 2.49. The molecule has 0 aromatic carbocycles. The van der Waals surface area contributed by atoms with Gasteiger partial charge in [0.15, 0.2) is 5.88 Å². The van der Waals surface area contributed by atoms with E-state index >= 15 is 0 Å². The number of hydrogen-bond donors (Lipinski definition) is 1. The second-order valence-electron chi connectivity index (χ2n) is 3.35. The van der Waals surface area contributed by atoms with Gasteiger partial charge < -0.3 is 9.73 Å². The molecule has 1 aromatic heterocycles. The molecule has 0 atom stereocenters. The van der Waals surface area contributed by atoms with E-state index in [1.54, 1.807) is 6.26 Å². The van der Waals surface area contributed by atoms with Crippen LogP contribution in [0.3, 0.4) is 0 Å². The van der Waals surface area contributed by atoms with Crippen molar-refractivity contribution in [2.45, 2.75) is 26.3 Å². The monoisotopic (exact) mass is 139 g/mol. The number of anilines is 1. The van der Waals surface area contributed by atoms with Gasteiger partial charge in [0, 0.05) is 11.6 Å². The van der Waals surface area contributed by atoms with Crippen LogP contribution in [0.1, 0.15) is 20.8 Å². The molecule has 0 radical (unpaired) electrons. The first-order valence-electron chi connectivity index (χ1n) is 3.40. The second-order valence-corrected chi connectivity index (χ2v) is 3.35. The highest BCUT2D eigenvalue weighted by atomic mass is 16.3. The molecule has 0 aliphatic heterocycles. The van der Waals surface area contributed by atoms with E-state index < -0.39 is 0 Å². The van der Waals surface area contributed by atoms with Crippen molar-refractivity contribution in [3.05, 3.63) is 18.4 Å². The summed E-state index contributed by atoms with van der Waals surface area (Å²) in [6, 6.07) is 3.78. The lowest BCUT2D eigenvalue weighted by molar-refractivity contribution is 0.539. The highest BCUT2D eigenvalue weighted by Gasteiger charge is 2.09. The van der Waals surface area contributed by atoms with Gasteiger partial charge >= 0.3 is 0 Å². The average molecular weight is 139 g/mol. The van der Waals surface area contributed by atoms with Gasteiger partial charge in [-0.1, -0.05) is 0 Å². The van der Waals surface area contributed by atoms with Crippen molar-refractivity contribution < 1.29 is 4.42 Å². The molecule has 0 amide bonds. The third kappa shape index (κ3) is 2.13. The first-order chi connectivity index (χ1) is 4.58. The molecule has 1 rings (SSSR count). The molecule has 0 saturated carbocycles. The van der Waals surface area contributed by atoms with Gasteiger partial charge in [0.1, 0.15) is 0 Å². The zero-order chi connectivity index (χ0) is 7.61. The Morgan fingerprint density at radius 3 is 2.50 bits per heavy atom. The van der Waals surface area contributed by atoms with Crippen LogP contribution in [0.2, 0.25) is 0 Å². The van der Waals surface area contributed by atoms with Crippen LogP contribution < -0.4 is 5.32 Å². The summed E-state index contributed by atoms with van der Waals surface area (Å²) in [7, 11) is 0. The maximum atomic E-state index is 5.10. The maximum absolute atomic E-state index is 5.10. The van der Waals surface area contributed by atoms with Crippen molar-refractivity contribution in [3.8, 4) is 0 Å². The largest absolute Gasteiger partial charge is 0.449 e. The fourth-order valence-electron chi connectivity index (χ4n) is 0.719. The zero-order valence-corrected chi connectivity index (χ0v) is 6.64. The molecular formula is C8H13NO. The molecule has 0 unspecified atom stereocenters. The van der Waals surface area contributed by atoms with Gasteiger partial charge in [-0.2, -0.15) is 0 Å². The van der Waals surface area contributed by atoms with Gasteiger partial charge in [-0.25, -0.2) is 0 Å². The molecule has 1 aromatic rings. The van der Waals surface area contributed by atoms with Gasteiger partial charge in [-0.15, -0.1) is 0 Å². The quantitative estimate of drug-likeness (QED) is 0.646. The van der Waals surface area contributed by atoms with Crippen LogP contribution in [-0.4, -0.2) is 5.54 Å². The van der Waals surface area contributed by atoms with Crippen molar-refractivity contribution in [1.29, 1.82) is 0 Å². The Hall–Kier alpha value is -0.920. The van der Waals surface area contributed by atoms with Gasteiger partial charge in [-0.05, 0) is 26.8 Å². The van der Waals surface area contributed by atoms with Gasteiger partial charge in [0.2, 0.25) is 0 Å². The summed E-state index contributed by atoms with van der Waals surface area (Å²) in [4.78, 5) is 0. The predicted molar refractivity (Wildman–Crippen MR) is 42.1 cm³/mol. The Kier molecular flexibility index (Phi) is 1.70. The molecule has 2 heteroatoms. The lowest BCUT2D eigenvalue weighted by atomic mass is 10.1. The number of furan rings is 1. The Bertz CT molecular complexity index is 184. The highest BCUT2D eigenvalue weighted by molar-refractivity contribution is 5.32. The minimum atomic E-state index is 0.0812. The zero-order valence-electron chi connectivity index (χ0n) is 6.64. The van der Waals surface area contributed by atoms with Crippen LogP contribution in [0.4, 0.5) is 5.88 Å². The van der Waals surface area contributed by atoms with E-state index in [-0.39, 0.29) is 5.54 Å². The van der Waals surface area contributed by atoms with Crippen LogP contribution in [0.5, 0.6) is 0 Å². The maximum Gasteiger partial charge on any atom is 0.193 e. The molecule has 0 bridgehead atoms. The normalized spacial score (nSPS) is 11.5. The molecule has 0 aliphatic carbocycles. The Morgan fingerprint density at radius 1 is 1.40 bits per heavy atom. The topological polar surface area (TPSA) is 25.2 Å². The smallest absolute Gasteiger partial charge is 0.193 e. The van der Waals surface area contributed by atoms with E-state index in [0.29, 0.717) is 0 Å². The van der Waals surface area contributed by atoms with E-state index in [0.717, 1.165) is 5.88 Å². The molecule has 10 heavy (non-hydrogen) atoms. The summed E-state index contributed by atoms with van der Waals surface area (Å²) in [5, 5.41) is 3.19. The molecule has 2 nitrogen and oxygen atoms in total. The summed E-state index contributed by atoms with van der Waals surface area (Å²) >= 11 is 0. The highest BCUT2D eigenvalue weighted by Crippen LogP contribution is 2.13. The molecular weight excluding hydrogens is 126 g/mol. The van der Waals surface area contributed by atoms with Gasteiger partial charge in [-0.3, -0.25) is 0 Å². The number of rotatable bonds is 1. The van der Waals surface area contributed by atoms with Crippen LogP contribution in [-0.2, 0) is 0 Å². The van der Waals surface area contributed by atoms with Gasteiger partial charge in [0.05, 0.1) is 6.26 Å². The second kappa shape index (κ2) is 2.37. The van der Waals surface area contributed by atoms with Crippen LogP contribution in [0.25, 0.3) is 0 Å². The molecule has 0 aliphatic rings. The lowest BCUT2D eigenvalue weighted by Gasteiger charge is -2.19. The molecule has 1 heterocycles. The third-order valence-corrected chi connectivity index (χ3v) is 1.02. The van der Waals surface area contributed by atoms with E-state index in [2.05, 4.69) is 26.1 Å².